The van der Waals surface area contributed by atoms with Gasteiger partial charge in [0.1, 0.15) is 0 Å². The van der Waals surface area contributed by atoms with Gasteiger partial charge in [-0.25, -0.2) is 0 Å². The van der Waals surface area contributed by atoms with Crippen molar-refractivity contribution in [1.82, 2.24) is 4.90 Å². The molecule has 0 fully saturated rings. The van der Waals surface area contributed by atoms with E-state index in [1.165, 1.54) is 11.1 Å². The van der Waals surface area contributed by atoms with Crippen molar-refractivity contribution in [3.63, 3.8) is 0 Å². The minimum Gasteiger partial charge on any atom is -0.291 e. The van der Waals surface area contributed by atoms with E-state index in [9.17, 15) is 9.59 Å². The molecule has 4 heteroatoms. The van der Waals surface area contributed by atoms with Gasteiger partial charge in [-0.2, -0.15) is 0 Å². The van der Waals surface area contributed by atoms with E-state index >= 15 is 0 Å². The first-order chi connectivity index (χ1) is 11.9. The highest BCUT2D eigenvalue weighted by Crippen LogP contribution is 2.31. The van der Waals surface area contributed by atoms with Crippen LogP contribution in [0, 0.1) is 6.92 Å². The summed E-state index contributed by atoms with van der Waals surface area (Å²) in [7, 11) is 1.96. The van der Waals surface area contributed by atoms with Crippen LogP contribution in [0.15, 0.2) is 42.5 Å². The first-order valence-electron chi connectivity index (χ1n) is 8.61. The van der Waals surface area contributed by atoms with Gasteiger partial charge in [0.2, 0.25) is 0 Å². The van der Waals surface area contributed by atoms with Crippen LogP contribution < -0.4 is 4.90 Å². The second-order valence-electron chi connectivity index (χ2n) is 7.08. The third kappa shape index (κ3) is 3.35. The largest absolute Gasteiger partial charge is 0.300 e. The van der Waals surface area contributed by atoms with E-state index in [0.29, 0.717) is 18.2 Å². The molecule has 0 spiro atoms. The molecule has 0 unspecified atom stereocenters. The lowest BCUT2D eigenvalue weighted by Crippen LogP contribution is -2.39. The van der Waals surface area contributed by atoms with E-state index in [2.05, 4.69) is 37.8 Å². The summed E-state index contributed by atoms with van der Waals surface area (Å²) in [6.07, 6.45) is 0. The molecular formula is C21H24N2O2. The number of hydrogen-bond donors (Lipinski definition) is 0. The lowest BCUT2D eigenvalue weighted by molar-refractivity contribution is -0.114. The van der Waals surface area contributed by atoms with Crippen LogP contribution >= 0.6 is 0 Å². The Morgan fingerprint density at radius 3 is 2.48 bits per heavy atom. The zero-order valence-corrected chi connectivity index (χ0v) is 15.2. The zero-order valence-electron chi connectivity index (χ0n) is 15.2. The molecule has 0 saturated carbocycles. The number of nitrogens with zero attached hydrogens (tertiary/aromatic N) is 2. The highest BCUT2D eigenvalue weighted by atomic mass is 16.2. The second kappa shape index (κ2) is 6.81. The molecule has 0 bridgehead atoms. The van der Waals surface area contributed by atoms with Crippen molar-refractivity contribution in [1.29, 1.82) is 0 Å². The third-order valence-corrected chi connectivity index (χ3v) is 4.75. The van der Waals surface area contributed by atoms with Gasteiger partial charge in [-0.3, -0.25) is 19.4 Å². The minimum atomic E-state index is -0.437. The summed E-state index contributed by atoms with van der Waals surface area (Å²) in [5, 5.41) is 0. The maximum Gasteiger partial charge on any atom is 0.300 e. The molecule has 3 rings (SSSR count). The Labute approximate surface area is 149 Å². The highest BCUT2D eigenvalue weighted by Gasteiger charge is 2.36. The summed E-state index contributed by atoms with van der Waals surface area (Å²) in [6.45, 7) is 7.36. The quantitative estimate of drug-likeness (QED) is 0.781. The van der Waals surface area contributed by atoms with Crippen LogP contribution in [-0.4, -0.2) is 30.3 Å². The molecule has 0 atom stereocenters. The van der Waals surface area contributed by atoms with Gasteiger partial charge in [-0.05, 0) is 48.7 Å². The fourth-order valence-electron chi connectivity index (χ4n) is 3.19. The van der Waals surface area contributed by atoms with Crippen LogP contribution in [0.3, 0.4) is 0 Å². The Kier molecular flexibility index (Phi) is 4.73. The maximum atomic E-state index is 12.4. The fraction of sp³-hybridized carbons (Fsp3) is 0.333. The van der Waals surface area contributed by atoms with Crippen LogP contribution in [0.4, 0.5) is 5.69 Å². The Morgan fingerprint density at radius 1 is 1.08 bits per heavy atom. The van der Waals surface area contributed by atoms with Crippen LogP contribution in [0.2, 0.25) is 0 Å². The number of aryl methyl sites for hydroxylation is 1. The predicted octanol–water partition coefficient (Wildman–Crippen LogP) is 3.74. The molecule has 1 amide bonds. The number of Topliss-reactive ketones (excluding diaryl/α,β-unsaturated/α-hetero) is 1. The summed E-state index contributed by atoms with van der Waals surface area (Å²) in [6, 6.07) is 14.0. The van der Waals surface area contributed by atoms with Gasteiger partial charge >= 0.3 is 5.91 Å². The predicted molar refractivity (Wildman–Crippen MR) is 99.9 cm³/mol. The summed E-state index contributed by atoms with van der Waals surface area (Å²) < 4.78 is 0. The minimum absolute atomic E-state index is 0.325. The van der Waals surface area contributed by atoms with E-state index in [1.54, 1.807) is 4.90 Å². The summed E-state index contributed by atoms with van der Waals surface area (Å²) >= 11 is 0. The maximum absolute atomic E-state index is 12.4. The van der Waals surface area contributed by atoms with Crippen LogP contribution in [0.5, 0.6) is 0 Å². The van der Waals surface area contributed by atoms with Gasteiger partial charge in [0.05, 0.1) is 17.9 Å². The molecule has 0 aliphatic carbocycles. The first kappa shape index (κ1) is 17.4. The molecule has 1 aliphatic rings. The van der Waals surface area contributed by atoms with E-state index in [-0.39, 0.29) is 0 Å². The van der Waals surface area contributed by atoms with Gasteiger partial charge in [-0.1, -0.05) is 44.2 Å². The number of hydrogen-bond acceptors (Lipinski definition) is 3. The van der Waals surface area contributed by atoms with E-state index in [0.717, 1.165) is 17.8 Å². The summed E-state index contributed by atoms with van der Waals surface area (Å²) in [5.74, 6) is -0.514. The molecule has 0 saturated heterocycles. The summed E-state index contributed by atoms with van der Waals surface area (Å²) in [5.41, 5.74) is 4.77. The van der Waals surface area contributed by atoms with Crippen molar-refractivity contribution in [2.75, 3.05) is 18.6 Å². The monoisotopic (exact) mass is 336 g/mol. The normalized spacial score (nSPS) is 13.9. The molecule has 1 aliphatic heterocycles. The van der Waals surface area contributed by atoms with Gasteiger partial charge < -0.3 is 0 Å². The van der Waals surface area contributed by atoms with Crippen LogP contribution in [-0.2, 0) is 11.3 Å². The van der Waals surface area contributed by atoms with Crippen molar-refractivity contribution in [2.45, 2.75) is 33.2 Å². The van der Waals surface area contributed by atoms with Crippen molar-refractivity contribution in [2.24, 2.45) is 0 Å². The SMILES string of the molecule is Cc1ccccc1CN(C)CN1C(=O)C(=O)c2cc(C(C)C)ccc21. The van der Waals surface area contributed by atoms with Crippen LogP contribution in [0.25, 0.3) is 0 Å². The number of anilines is 1. The molecule has 2 aromatic carbocycles. The number of fused-ring (bicyclic) bond motifs is 1. The van der Waals surface area contributed by atoms with Crippen molar-refractivity contribution >= 4 is 17.4 Å². The molecule has 4 nitrogen and oxygen atoms in total. The Hall–Kier alpha value is -2.46. The van der Waals surface area contributed by atoms with Crippen molar-refractivity contribution in [3.05, 3.63) is 64.7 Å². The first-order valence-corrected chi connectivity index (χ1v) is 8.61. The number of benzene rings is 2. The average molecular weight is 336 g/mol. The fourth-order valence-corrected chi connectivity index (χ4v) is 3.19. The highest BCUT2D eigenvalue weighted by molar-refractivity contribution is 6.52. The number of carbonyl (C=O) groups is 2. The molecular weight excluding hydrogens is 312 g/mol. The zero-order chi connectivity index (χ0) is 18.1. The molecule has 1 heterocycles. The van der Waals surface area contributed by atoms with E-state index < -0.39 is 11.7 Å². The Balaban J connectivity index is 1.81. The van der Waals surface area contributed by atoms with E-state index in [4.69, 9.17) is 0 Å². The van der Waals surface area contributed by atoms with Crippen molar-refractivity contribution in [3.8, 4) is 0 Å². The molecule has 25 heavy (non-hydrogen) atoms. The number of ketones is 1. The lowest BCUT2D eigenvalue weighted by atomic mass is 9.99. The van der Waals surface area contributed by atoms with Gasteiger partial charge in [0.15, 0.2) is 0 Å². The van der Waals surface area contributed by atoms with Crippen LogP contribution in [0.1, 0.15) is 46.8 Å². The lowest BCUT2D eigenvalue weighted by Gasteiger charge is -2.25. The standard InChI is InChI=1S/C21H24N2O2/c1-14(2)16-9-10-19-18(11-16)20(24)21(25)23(19)13-22(4)12-17-8-6-5-7-15(17)3/h5-11,14H,12-13H2,1-4H3. The molecule has 0 N–H and O–H groups in total. The Bertz CT molecular complexity index is 826. The van der Waals surface area contributed by atoms with Crippen molar-refractivity contribution < 1.29 is 9.59 Å². The molecule has 130 valence electrons. The second-order valence-corrected chi connectivity index (χ2v) is 7.08. The summed E-state index contributed by atoms with van der Waals surface area (Å²) in [4.78, 5) is 28.5. The molecule has 0 radical (unpaired) electrons. The molecule has 2 aromatic rings. The van der Waals surface area contributed by atoms with Gasteiger partial charge in [0, 0.05) is 6.54 Å². The molecule has 0 aromatic heterocycles. The number of rotatable bonds is 5. The topological polar surface area (TPSA) is 40.6 Å². The number of carbonyl (C=O) groups excluding carboxylic acids is 2. The van der Waals surface area contributed by atoms with Gasteiger partial charge in [-0.15, -0.1) is 0 Å². The van der Waals surface area contributed by atoms with Gasteiger partial charge in [0.25, 0.3) is 5.78 Å². The Morgan fingerprint density at radius 2 is 1.80 bits per heavy atom. The van der Waals surface area contributed by atoms with E-state index in [1.807, 2.05) is 37.4 Å². The number of amides is 1. The smallest absolute Gasteiger partial charge is 0.291 e. The average Bonchev–Trinajstić information content (AvgIpc) is 2.81. The third-order valence-electron chi connectivity index (χ3n) is 4.75.